The highest BCUT2D eigenvalue weighted by Gasteiger charge is 2.46. The lowest BCUT2D eigenvalue weighted by molar-refractivity contribution is 1.14. The Kier molecular flexibility index (Phi) is 0.924. The molecule has 0 amide bonds. The van der Waals surface area contributed by atoms with E-state index in [0.717, 1.165) is 10.9 Å². The first-order valence-corrected chi connectivity index (χ1v) is 4.29. The van der Waals surface area contributed by atoms with Crippen LogP contribution in [0.25, 0.3) is 0 Å². The normalized spacial score (nSPS) is 30.6. The number of benzene rings is 1. The van der Waals surface area contributed by atoms with E-state index >= 15 is 0 Å². The van der Waals surface area contributed by atoms with Gasteiger partial charge in [-0.15, -0.1) is 0 Å². The molecular weight excluding hydrogens is 158 g/mol. The van der Waals surface area contributed by atoms with Crippen molar-refractivity contribution in [1.29, 1.82) is 0 Å². The van der Waals surface area contributed by atoms with Crippen LogP contribution in [0.15, 0.2) is 18.2 Å². The Balaban J connectivity index is 2.25. The van der Waals surface area contributed by atoms with Gasteiger partial charge in [-0.1, -0.05) is 17.7 Å². The lowest BCUT2D eigenvalue weighted by atomic mass is 10.1. The van der Waals surface area contributed by atoms with Crippen LogP contribution in [0.3, 0.4) is 0 Å². The maximum atomic E-state index is 6.05. The van der Waals surface area contributed by atoms with E-state index in [-0.39, 0.29) is 0 Å². The van der Waals surface area contributed by atoms with Gasteiger partial charge in [-0.2, -0.15) is 0 Å². The summed E-state index contributed by atoms with van der Waals surface area (Å²) in [6, 6.07) is 6.78. The standard InChI is InChI=1S/C9H8ClN/c10-6-2-1-3-7-9(6)5-4-8(5)11-7/h1-3,5,8,11H,4H2. The van der Waals surface area contributed by atoms with E-state index in [0.29, 0.717) is 6.04 Å². The van der Waals surface area contributed by atoms with Crippen LogP contribution in [0.1, 0.15) is 17.9 Å². The Morgan fingerprint density at radius 3 is 3.18 bits per heavy atom. The molecule has 1 aliphatic heterocycles. The summed E-state index contributed by atoms with van der Waals surface area (Å²) in [5.74, 6) is 0.721. The van der Waals surface area contributed by atoms with Gasteiger partial charge < -0.3 is 5.32 Å². The van der Waals surface area contributed by atoms with Crippen LogP contribution in [-0.2, 0) is 0 Å². The minimum atomic E-state index is 0.699. The molecular formula is C9H8ClN. The molecule has 1 heterocycles. The number of nitrogens with one attached hydrogen (secondary N) is 1. The number of hydrogen-bond acceptors (Lipinski definition) is 1. The monoisotopic (exact) mass is 165 g/mol. The SMILES string of the molecule is Clc1cccc2c1C1CC1N2. The zero-order chi connectivity index (χ0) is 7.42. The fourth-order valence-corrected chi connectivity index (χ4v) is 2.23. The van der Waals surface area contributed by atoms with Crippen molar-refractivity contribution in [2.45, 2.75) is 18.4 Å². The van der Waals surface area contributed by atoms with Crippen LogP contribution in [0.2, 0.25) is 5.02 Å². The van der Waals surface area contributed by atoms with Crippen LogP contribution in [0.5, 0.6) is 0 Å². The van der Waals surface area contributed by atoms with E-state index in [4.69, 9.17) is 11.6 Å². The molecule has 1 fully saturated rings. The average molecular weight is 166 g/mol. The van der Waals surface area contributed by atoms with Crippen molar-refractivity contribution in [1.82, 2.24) is 0 Å². The molecule has 1 aromatic carbocycles. The number of rotatable bonds is 0. The van der Waals surface area contributed by atoms with Gasteiger partial charge in [0.25, 0.3) is 0 Å². The Bertz CT molecular complexity index is 321. The molecule has 0 aromatic heterocycles. The van der Waals surface area contributed by atoms with E-state index in [2.05, 4.69) is 11.4 Å². The number of halogens is 1. The van der Waals surface area contributed by atoms with Crippen LogP contribution in [0.4, 0.5) is 5.69 Å². The molecule has 2 unspecified atom stereocenters. The highest BCUT2D eigenvalue weighted by atomic mass is 35.5. The summed E-state index contributed by atoms with van der Waals surface area (Å²) in [5.41, 5.74) is 2.60. The second-order valence-corrected chi connectivity index (χ2v) is 3.70. The molecule has 2 aliphatic rings. The fraction of sp³-hybridized carbons (Fsp3) is 0.333. The molecule has 3 rings (SSSR count). The van der Waals surface area contributed by atoms with E-state index < -0.39 is 0 Å². The Morgan fingerprint density at radius 1 is 1.45 bits per heavy atom. The summed E-state index contributed by atoms with van der Waals surface area (Å²) in [4.78, 5) is 0. The topological polar surface area (TPSA) is 12.0 Å². The highest BCUT2D eigenvalue weighted by molar-refractivity contribution is 6.32. The quantitative estimate of drug-likeness (QED) is 0.623. The first kappa shape index (κ1) is 5.90. The van der Waals surface area contributed by atoms with Crippen molar-refractivity contribution in [2.75, 3.05) is 5.32 Å². The lowest BCUT2D eigenvalue weighted by Crippen LogP contribution is -1.95. The van der Waals surface area contributed by atoms with Gasteiger partial charge >= 0.3 is 0 Å². The molecule has 2 atom stereocenters. The average Bonchev–Trinajstić information content (AvgIpc) is 2.62. The van der Waals surface area contributed by atoms with Gasteiger partial charge in [0.15, 0.2) is 0 Å². The number of fused-ring (bicyclic) bond motifs is 3. The molecule has 0 saturated heterocycles. The summed E-state index contributed by atoms with van der Waals surface area (Å²) in [7, 11) is 0. The van der Waals surface area contributed by atoms with Crippen molar-refractivity contribution in [3.63, 3.8) is 0 Å². The molecule has 0 radical (unpaired) electrons. The van der Waals surface area contributed by atoms with Crippen LogP contribution < -0.4 is 5.32 Å². The van der Waals surface area contributed by atoms with Gasteiger partial charge in [0.05, 0.1) is 0 Å². The van der Waals surface area contributed by atoms with E-state index in [9.17, 15) is 0 Å². The van der Waals surface area contributed by atoms with Crippen LogP contribution >= 0.6 is 11.6 Å². The largest absolute Gasteiger partial charge is 0.381 e. The van der Waals surface area contributed by atoms with Gasteiger partial charge in [-0.05, 0) is 24.1 Å². The first-order chi connectivity index (χ1) is 5.36. The van der Waals surface area contributed by atoms with Crippen molar-refractivity contribution >= 4 is 17.3 Å². The van der Waals surface area contributed by atoms with Crippen molar-refractivity contribution in [2.24, 2.45) is 0 Å². The van der Waals surface area contributed by atoms with Crippen molar-refractivity contribution in [3.05, 3.63) is 28.8 Å². The molecule has 2 heteroatoms. The second kappa shape index (κ2) is 1.72. The van der Waals surface area contributed by atoms with Crippen LogP contribution in [0, 0.1) is 0 Å². The zero-order valence-corrected chi connectivity index (χ0v) is 6.73. The zero-order valence-electron chi connectivity index (χ0n) is 5.97. The Labute approximate surface area is 70.4 Å². The van der Waals surface area contributed by atoms with E-state index in [1.807, 2.05) is 12.1 Å². The van der Waals surface area contributed by atoms with Gasteiger partial charge in [0.1, 0.15) is 0 Å². The van der Waals surface area contributed by atoms with Gasteiger partial charge in [0, 0.05) is 22.7 Å². The molecule has 56 valence electrons. The summed E-state index contributed by atoms with van der Waals surface area (Å²) >= 11 is 6.05. The van der Waals surface area contributed by atoms with Crippen LogP contribution in [-0.4, -0.2) is 6.04 Å². The van der Waals surface area contributed by atoms with Gasteiger partial charge in [-0.3, -0.25) is 0 Å². The van der Waals surface area contributed by atoms with Crippen molar-refractivity contribution in [3.8, 4) is 0 Å². The summed E-state index contributed by atoms with van der Waals surface area (Å²) in [6.45, 7) is 0. The lowest BCUT2D eigenvalue weighted by Gasteiger charge is -2.03. The minimum absolute atomic E-state index is 0.699. The Morgan fingerprint density at radius 2 is 2.36 bits per heavy atom. The molecule has 1 aromatic rings. The molecule has 1 N–H and O–H groups in total. The van der Waals surface area contributed by atoms with Crippen molar-refractivity contribution < 1.29 is 0 Å². The number of hydrogen-bond donors (Lipinski definition) is 1. The second-order valence-electron chi connectivity index (χ2n) is 3.29. The maximum Gasteiger partial charge on any atom is 0.0462 e. The summed E-state index contributed by atoms with van der Waals surface area (Å²) in [5, 5.41) is 4.36. The molecule has 1 aliphatic carbocycles. The molecule has 1 saturated carbocycles. The molecule has 0 bridgehead atoms. The summed E-state index contributed by atoms with van der Waals surface area (Å²) in [6.07, 6.45) is 1.27. The molecule has 1 nitrogen and oxygen atoms in total. The van der Waals surface area contributed by atoms with E-state index in [1.54, 1.807) is 0 Å². The van der Waals surface area contributed by atoms with Gasteiger partial charge in [-0.25, -0.2) is 0 Å². The molecule has 0 spiro atoms. The van der Waals surface area contributed by atoms with Gasteiger partial charge in [0.2, 0.25) is 0 Å². The Hall–Kier alpha value is -0.690. The van der Waals surface area contributed by atoms with E-state index in [1.165, 1.54) is 17.7 Å². The third kappa shape index (κ3) is 0.667. The summed E-state index contributed by atoms with van der Waals surface area (Å²) < 4.78 is 0. The predicted octanol–water partition coefficient (Wildman–Crippen LogP) is 2.62. The fourth-order valence-electron chi connectivity index (χ4n) is 1.91. The number of anilines is 1. The highest BCUT2D eigenvalue weighted by Crippen LogP contribution is 2.53. The third-order valence-electron chi connectivity index (χ3n) is 2.56. The molecule has 11 heavy (non-hydrogen) atoms. The first-order valence-electron chi connectivity index (χ1n) is 3.91. The minimum Gasteiger partial charge on any atom is -0.381 e. The smallest absolute Gasteiger partial charge is 0.0462 e. The predicted molar refractivity (Wildman–Crippen MR) is 46.2 cm³/mol. The third-order valence-corrected chi connectivity index (χ3v) is 2.88. The maximum absolute atomic E-state index is 6.05.